The fourth-order valence-corrected chi connectivity index (χ4v) is 3.74. The van der Waals surface area contributed by atoms with Gasteiger partial charge in [0.05, 0.1) is 4.92 Å². The number of hydrogen-bond acceptors (Lipinski definition) is 7. The molecule has 28 heavy (non-hydrogen) atoms. The average Bonchev–Trinajstić information content (AvgIpc) is 3.12. The fraction of sp³-hybridized carbons (Fsp3) is 0. The van der Waals surface area contributed by atoms with E-state index in [0.29, 0.717) is 17.0 Å². The highest BCUT2D eigenvalue weighted by Crippen LogP contribution is 2.30. The van der Waals surface area contributed by atoms with Crippen molar-refractivity contribution in [3.8, 4) is 17.2 Å². The van der Waals surface area contributed by atoms with Crippen LogP contribution in [0.2, 0.25) is 0 Å². The third kappa shape index (κ3) is 3.30. The van der Waals surface area contributed by atoms with Crippen LogP contribution in [0.5, 0.6) is 5.75 Å². The maximum Gasteiger partial charge on any atom is 0.346 e. The van der Waals surface area contributed by atoms with Crippen LogP contribution >= 0.6 is 0 Å². The molecule has 0 saturated heterocycles. The molecule has 0 bridgehead atoms. The van der Waals surface area contributed by atoms with Crippen molar-refractivity contribution in [3.05, 3.63) is 82.9 Å². The van der Waals surface area contributed by atoms with Crippen molar-refractivity contribution in [2.45, 2.75) is 4.90 Å². The van der Waals surface area contributed by atoms with Crippen LogP contribution in [0, 0.1) is 10.1 Å². The standard InChI is InChI=1S/C19H12N2O6S/c22-21(23)16-8-4-5-9-18(16)28(24,25)27-14-10-11-15-17(12-14)26-19(20-15)13-6-2-1-3-7-13/h1-12H. The maximum atomic E-state index is 12.5. The second-order valence-electron chi connectivity index (χ2n) is 5.78. The summed E-state index contributed by atoms with van der Waals surface area (Å²) in [6.45, 7) is 0. The minimum Gasteiger partial charge on any atom is -0.436 e. The Labute approximate surface area is 159 Å². The summed E-state index contributed by atoms with van der Waals surface area (Å²) in [5.74, 6) is 0.343. The van der Waals surface area contributed by atoms with Crippen molar-refractivity contribution >= 4 is 26.9 Å². The van der Waals surface area contributed by atoms with E-state index in [1.54, 1.807) is 6.07 Å². The van der Waals surface area contributed by atoms with E-state index in [1.807, 2.05) is 30.3 Å². The summed E-state index contributed by atoms with van der Waals surface area (Å²) in [5.41, 5.74) is 1.06. The first kappa shape index (κ1) is 17.7. The van der Waals surface area contributed by atoms with Gasteiger partial charge in [0.15, 0.2) is 10.5 Å². The van der Waals surface area contributed by atoms with E-state index >= 15 is 0 Å². The Morgan fingerprint density at radius 3 is 2.43 bits per heavy atom. The van der Waals surface area contributed by atoms with E-state index in [-0.39, 0.29) is 5.75 Å². The molecular weight excluding hydrogens is 384 g/mol. The molecule has 1 heterocycles. The van der Waals surface area contributed by atoms with Crippen molar-refractivity contribution < 1.29 is 21.9 Å². The Hall–Kier alpha value is -3.72. The summed E-state index contributed by atoms with van der Waals surface area (Å²) in [7, 11) is -4.41. The van der Waals surface area contributed by atoms with Gasteiger partial charge in [0, 0.05) is 17.7 Å². The molecule has 0 radical (unpaired) electrons. The fourth-order valence-electron chi connectivity index (χ4n) is 2.65. The molecule has 1 aromatic heterocycles. The predicted molar refractivity (Wildman–Crippen MR) is 100 cm³/mol. The van der Waals surface area contributed by atoms with Gasteiger partial charge in [-0.25, -0.2) is 4.98 Å². The minimum absolute atomic E-state index is 0.0404. The van der Waals surface area contributed by atoms with E-state index in [1.165, 1.54) is 24.3 Å². The van der Waals surface area contributed by atoms with E-state index in [9.17, 15) is 18.5 Å². The number of hydrogen-bond donors (Lipinski definition) is 0. The van der Waals surface area contributed by atoms with Crippen molar-refractivity contribution in [1.29, 1.82) is 0 Å². The molecule has 0 unspecified atom stereocenters. The molecule has 0 fully saturated rings. The average molecular weight is 396 g/mol. The topological polar surface area (TPSA) is 113 Å². The van der Waals surface area contributed by atoms with E-state index in [0.717, 1.165) is 17.7 Å². The Morgan fingerprint density at radius 2 is 1.68 bits per heavy atom. The van der Waals surface area contributed by atoms with Crippen molar-refractivity contribution in [2.24, 2.45) is 0 Å². The monoisotopic (exact) mass is 396 g/mol. The number of nitrogens with zero attached hydrogens (tertiary/aromatic N) is 2. The highest BCUT2D eigenvalue weighted by molar-refractivity contribution is 7.87. The Kier molecular flexibility index (Phi) is 4.28. The zero-order valence-corrected chi connectivity index (χ0v) is 15.0. The SMILES string of the molecule is O=[N+]([O-])c1ccccc1S(=O)(=O)Oc1ccc2nc(-c3ccccc3)oc2c1. The molecule has 8 nitrogen and oxygen atoms in total. The molecule has 0 N–H and O–H groups in total. The first-order valence-corrected chi connectivity index (χ1v) is 9.49. The largest absolute Gasteiger partial charge is 0.436 e. The van der Waals surface area contributed by atoms with E-state index < -0.39 is 25.6 Å². The van der Waals surface area contributed by atoms with Gasteiger partial charge in [0.1, 0.15) is 11.3 Å². The van der Waals surface area contributed by atoms with Gasteiger partial charge in [0.2, 0.25) is 5.89 Å². The zero-order valence-electron chi connectivity index (χ0n) is 14.2. The molecule has 4 rings (SSSR count). The summed E-state index contributed by atoms with van der Waals surface area (Å²) in [4.78, 5) is 14.1. The summed E-state index contributed by atoms with van der Waals surface area (Å²) in [6, 6.07) is 18.5. The van der Waals surface area contributed by atoms with Gasteiger partial charge >= 0.3 is 10.1 Å². The number of rotatable bonds is 5. The Morgan fingerprint density at radius 1 is 0.964 bits per heavy atom. The molecule has 0 spiro atoms. The molecule has 0 aliphatic heterocycles. The first-order valence-electron chi connectivity index (χ1n) is 8.08. The molecule has 0 saturated carbocycles. The predicted octanol–water partition coefficient (Wildman–Crippen LogP) is 4.17. The lowest BCUT2D eigenvalue weighted by Gasteiger charge is -2.07. The molecule has 0 aliphatic carbocycles. The molecule has 140 valence electrons. The molecule has 9 heteroatoms. The van der Waals surface area contributed by atoms with Crippen LogP contribution < -0.4 is 4.18 Å². The third-order valence-corrected chi connectivity index (χ3v) is 5.21. The van der Waals surface area contributed by atoms with E-state index in [4.69, 9.17) is 8.60 Å². The second kappa shape index (κ2) is 6.78. The summed E-state index contributed by atoms with van der Waals surface area (Å²) in [6.07, 6.45) is 0. The van der Waals surface area contributed by atoms with E-state index in [2.05, 4.69) is 4.98 Å². The highest BCUT2D eigenvalue weighted by atomic mass is 32.2. The number of benzene rings is 3. The second-order valence-corrected chi connectivity index (χ2v) is 7.29. The van der Waals surface area contributed by atoms with Crippen LogP contribution in [-0.2, 0) is 10.1 Å². The highest BCUT2D eigenvalue weighted by Gasteiger charge is 2.27. The smallest absolute Gasteiger partial charge is 0.346 e. The van der Waals surface area contributed by atoms with Crippen LogP contribution in [0.25, 0.3) is 22.6 Å². The van der Waals surface area contributed by atoms with Crippen LogP contribution in [0.3, 0.4) is 0 Å². The van der Waals surface area contributed by atoms with Crippen LogP contribution in [-0.4, -0.2) is 18.3 Å². The maximum absolute atomic E-state index is 12.5. The number of para-hydroxylation sites is 1. The summed E-state index contributed by atoms with van der Waals surface area (Å²) in [5, 5.41) is 11.1. The molecule has 3 aromatic carbocycles. The number of fused-ring (bicyclic) bond motifs is 1. The minimum atomic E-state index is -4.41. The van der Waals surface area contributed by atoms with Crippen LogP contribution in [0.15, 0.2) is 82.1 Å². The normalized spacial score (nSPS) is 11.4. The Bertz CT molecular complexity index is 1280. The molecule has 4 aromatic rings. The van der Waals surface area contributed by atoms with Crippen LogP contribution in [0.1, 0.15) is 0 Å². The van der Waals surface area contributed by atoms with Gasteiger partial charge in [-0.3, -0.25) is 10.1 Å². The zero-order chi connectivity index (χ0) is 19.7. The lowest BCUT2D eigenvalue weighted by Crippen LogP contribution is -2.11. The van der Waals surface area contributed by atoms with Crippen LogP contribution in [0.4, 0.5) is 5.69 Å². The summed E-state index contributed by atoms with van der Waals surface area (Å²) >= 11 is 0. The number of oxazole rings is 1. The number of nitro benzene ring substituents is 1. The van der Waals surface area contributed by atoms with Gasteiger partial charge in [0.25, 0.3) is 5.69 Å². The van der Waals surface area contributed by atoms with Gasteiger partial charge in [-0.05, 0) is 30.3 Å². The van der Waals surface area contributed by atoms with Crippen molar-refractivity contribution in [3.63, 3.8) is 0 Å². The molecular formula is C19H12N2O6S. The molecule has 0 atom stereocenters. The number of aromatic nitrogens is 1. The Balaban J connectivity index is 1.69. The first-order chi connectivity index (χ1) is 13.4. The van der Waals surface area contributed by atoms with Gasteiger partial charge < -0.3 is 8.60 Å². The van der Waals surface area contributed by atoms with Crippen molar-refractivity contribution in [1.82, 2.24) is 4.98 Å². The van der Waals surface area contributed by atoms with Gasteiger partial charge in [-0.15, -0.1) is 0 Å². The third-order valence-electron chi connectivity index (χ3n) is 3.92. The lowest BCUT2D eigenvalue weighted by molar-refractivity contribution is -0.387. The van der Waals surface area contributed by atoms with Crippen molar-refractivity contribution in [2.75, 3.05) is 0 Å². The van der Waals surface area contributed by atoms with Gasteiger partial charge in [-0.1, -0.05) is 30.3 Å². The number of nitro groups is 1. The van der Waals surface area contributed by atoms with Gasteiger partial charge in [-0.2, -0.15) is 8.42 Å². The molecule has 0 aliphatic rings. The quantitative estimate of drug-likeness (QED) is 0.283. The summed E-state index contributed by atoms with van der Waals surface area (Å²) < 4.78 is 35.8. The lowest BCUT2D eigenvalue weighted by atomic mass is 10.2. The molecule has 0 amide bonds.